The zero-order valence-corrected chi connectivity index (χ0v) is 6.99. The second kappa shape index (κ2) is 2.81. The maximum atomic E-state index is 9.45. The van der Waals surface area contributed by atoms with Crippen LogP contribution in [-0.2, 0) is 0 Å². The van der Waals surface area contributed by atoms with Gasteiger partial charge < -0.3 is 20.6 Å². The van der Waals surface area contributed by atoms with Gasteiger partial charge in [-0.3, -0.25) is 0 Å². The van der Waals surface area contributed by atoms with Crippen molar-refractivity contribution in [2.75, 3.05) is 6.54 Å². The fourth-order valence-corrected chi connectivity index (χ4v) is 1.50. The highest BCUT2D eigenvalue weighted by atomic mass is 16.3. The van der Waals surface area contributed by atoms with Crippen LogP contribution in [-0.4, -0.2) is 21.9 Å². The van der Waals surface area contributed by atoms with Crippen LogP contribution < -0.4 is 5.32 Å². The number of benzene rings is 1. The highest BCUT2D eigenvalue weighted by molar-refractivity contribution is 5.50. The van der Waals surface area contributed by atoms with Crippen molar-refractivity contribution in [2.45, 2.75) is 12.5 Å². The van der Waals surface area contributed by atoms with Crippen LogP contribution >= 0.6 is 0 Å². The Labute approximate surface area is 75.5 Å². The van der Waals surface area contributed by atoms with Gasteiger partial charge in [-0.2, -0.15) is 0 Å². The molecule has 13 heavy (non-hydrogen) atoms. The summed E-state index contributed by atoms with van der Waals surface area (Å²) in [6.07, 6.45) is 0.895. The molecule has 1 fully saturated rings. The summed E-state index contributed by atoms with van der Waals surface area (Å²) in [6, 6.07) is 2.48. The van der Waals surface area contributed by atoms with E-state index in [1.165, 1.54) is 12.1 Å². The zero-order chi connectivity index (χ0) is 9.42. The molecule has 0 amide bonds. The predicted octanol–water partition coefficient (Wildman–Crippen LogP) is 0.838. The highest BCUT2D eigenvalue weighted by Crippen LogP contribution is 2.39. The van der Waals surface area contributed by atoms with Crippen molar-refractivity contribution in [3.8, 4) is 17.2 Å². The molecule has 4 heteroatoms. The molecule has 0 bridgehead atoms. The molecule has 1 aromatic rings. The van der Waals surface area contributed by atoms with E-state index in [4.69, 9.17) is 5.11 Å². The second-order valence-corrected chi connectivity index (χ2v) is 3.19. The van der Waals surface area contributed by atoms with Gasteiger partial charge in [0.1, 0.15) is 17.2 Å². The van der Waals surface area contributed by atoms with E-state index in [-0.39, 0.29) is 23.3 Å². The van der Waals surface area contributed by atoms with Crippen LogP contribution in [0.1, 0.15) is 18.0 Å². The minimum atomic E-state index is -0.127. The first-order chi connectivity index (χ1) is 6.18. The van der Waals surface area contributed by atoms with Gasteiger partial charge in [-0.15, -0.1) is 0 Å². The summed E-state index contributed by atoms with van der Waals surface area (Å²) >= 11 is 0. The summed E-state index contributed by atoms with van der Waals surface area (Å²) in [5.41, 5.74) is 0.476. The Morgan fingerprint density at radius 1 is 1.15 bits per heavy atom. The number of nitrogens with one attached hydrogen (secondary N) is 1. The van der Waals surface area contributed by atoms with E-state index in [1.54, 1.807) is 0 Å². The number of hydrogen-bond acceptors (Lipinski definition) is 4. The van der Waals surface area contributed by atoms with E-state index in [0.717, 1.165) is 13.0 Å². The Morgan fingerprint density at radius 3 is 2.08 bits per heavy atom. The number of aromatic hydroxyl groups is 3. The fourth-order valence-electron chi connectivity index (χ4n) is 1.50. The van der Waals surface area contributed by atoms with Crippen molar-refractivity contribution < 1.29 is 15.3 Å². The fraction of sp³-hybridized carbons (Fsp3) is 0.333. The summed E-state index contributed by atoms with van der Waals surface area (Å²) in [6.45, 7) is 0.893. The lowest BCUT2D eigenvalue weighted by molar-refractivity contribution is 0.343. The predicted molar refractivity (Wildman–Crippen MR) is 46.8 cm³/mol. The first-order valence-corrected chi connectivity index (χ1v) is 4.16. The van der Waals surface area contributed by atoms with Crippen LogP contribution in [0, 0.1) is 0 Å². The summed E-state index contributed by atoms with van der Waals surface area (Å²) in [4.78, 5) is 0. The van der Waals surface area contributed by atoms with Crippen LogP contribution in [0.3, 0.4) is 0 Å². The van der Waals surface area contributed by atoms with Crippen molar-refractivity contribution in [3.05, 3.63) is 17.7 Å². The molecule has 0 aromatic heterocycles. The Kier molecular flexibility index (Phi) is 1.77. The number of rotatable bonds is 1. The van der Waals surface area contributed by atoms with Gasteiger partial charge in [0.15, 0.2) is 0 Å². The zero-order valence-electron chi connectivity index (χ0n) is 6.99. The van der Waals surface area contributed by atoms with Crippen molar-refractivity contribution in [3.63, 3.8) is 0 Å². The van der Waals surface area contributed by atoms with E-state index in [0.29, 0.717) is 5.56 Å². The van der Waals surface area contributed by atoms with Gasteiger partial charge >= 0.3 is 0 Å². The van der Waals surface area contributed by atoms with Crippen LogP contribution in [0.2, 0.25) is 0 Å². The third-order valence-electron chi connectivity index (χ3n) is 2.29. The summed E-state index contributed by atoms with van der Waals surface area (Å²) in [5, 5.41) is 31.0. The highest BCUT2D eigenvalue weighted by Gasteiger charge is 2.25. The van der Waals surface area contributed by atoms with Gasteiger partial charge in [0.05, 0.1) is 5.56 Å². The van der Waals surface area contributed by atoms with Crippen molar-refractivity contribution in [1.29, 1.82) is 0 Å². The van der Waals surface area contributed by atoms with Crippen molar-refractivity contribution in [1.82, 2.24) is 5.32 Å². The lowest BCUT2D eigenvalue weighted by atomic mass is 9.96. The summed E-state index contributed by atoms with van der Waals surface area (Å²) < 4.78 is 0. The molecule has 1 atom stereocenters. The first-order valence-electron chi connectivity index (χ1n) is 4.16. The molecule has 0 saturated carbocycles. The Balaban J connectivity index is 2.43. The second-order valence-electron chi connectivity index (χ2n) is 3.19. The molecule has 0 unspecified atom stereocenters. The monoisotopic (exact) mass is 181 g/mol. The Morgan fingerprint density at radius 2 is 1.69 bits per heavy atom. The van der Waals surface area contributed by atoms with Crippen LogP contribution in [0.5, 0.6) is 17.2 Å². The molecule has 0 radical (unpaired) electrons. The molecule has 1 heterocycles. The molecule has 1 aliphatic rings. The average molecular weight is 181 g/mol. The third kappa shape index (κ3) is 1.29. The molecule has 0 aliphatic carbocycles. The van der Waals surface area contributed by atoms with Gasteiger partial charge in [-0.05, 0) is 13.0 Å². The third-order valence-corrected chi connectivity index (χ3v) is 2.29. The molecule has 4 N–H and O–H groups in total. The molecule has 1 aliphatic heterocycles. The molecule has 2 rings (SSSR count). The van der Waals surface area contributed by atoms with Crippen molar-refractivity contribution >= 4 is 0 Å². The largest absolute Gasteiger partial charge is 0.508 e. The maximum Gasteiger partial charge on any atom is 0.127 e. The molecule has 1 aromatic carbocycles. The van der Waals surface area contributed by atoms with Crippen LogP contribution in [0.25, 0.3) is 0 Å². The van der Waals surface area contributed by atoms with E-state index in [9.17, 15) is 10.2 Å². The molecular formula is C9H11NO3. The van der Waals surface area contributed by atoms with Gasteiger partial charge in [-0.1, -0.05) is 0 Å². The van der Waals surface area contributed by atoms with Gasteiger partial charge in [-0.25, -0.2) is 0 Å². The van der Waals surface area contributed by atoms with E-state index in [2.05, 4.69) is 5.32 Å². The molecule has 70 valence electrons. The first kappa shape index (κ1) is 8.19. The number of phenolic OH excluding ortho intramolecular Hbond substituents is 3. The average Bonchev–Trinajstić information content (AvgIpc) is 1.92. The van der Waals surface area contributed by atoms with Crippen LogP contribution in [0.15, 0.2) is 12.1 Å². The lowest BCUT2D eigenvalue weighted by Gasteiger charge is -2.29. The quantitative estimate of drug-likeness (QED) is 0.518. The minimum Gasteiger partial charge on any atom is -0.508 e. The summed E-state index contributed by atoms with van der Waals surface area (Å²) in [5.74, 6) is -0.248. The minimum absolute atomic E-state index is 0.0144. The number of hydrogen-bond donors (Lipinski definition) is 4. The molecule has 4 nitrogen and oxygen atoms in total. The smallest absolute Gasteiger partial charge is 0.127 e. The van der Waals surface area contributed by atoms with Crippen LogP contribution in [0.4, 0.5) is 0 Å². The van der Waals surface area contributed by atoms with E-state index < -0.39 is 0 Å². The molecule has 1 saturated heterocycles. The standard InChI is InChI=1S/C9H11NO3/c11-5-3-7(12)9(8(13)4-5)6-1-2-10-6/h3-4,6,10-13H,1-2H2/t6-/m0/s1. The SMILES string of the molecule is Oc1cc(O)c([C@@H]2CCN2)c(O)c1. The van der Waals surface area contributed by atoms with E-state index >= 15 is 0 Å². The van der Waals surface area contributed by atoms with Gasteiger partial charge in [0, 0.05) is 18.2 Å². The lowest BCUT2D eigenvalue weighted by Crippen LogP contribution is -2.34. The topological polar surface area (TPSA) is 72.7 Å². The molecular weight excluding hydrogens is 170 g/mol. The van der Waals surface area contributed by atoms with Gasteiger partial charge in [0.2, 0.25) is 0 Å². The van der Waals surface area contributed by atoms with Crippen molar-refractivity contribution in [2.24, 2.45) is 0 Å². The molecule has 0 spiro atoms. The number of phenols is 3. The maximum absolute atomic E-state index is 9.45. The van der Waals surface area contributed by atoms with Gasteiger partial charge in [0.25, 0.3) is 0 Å². The Hall–Kier alpha value is -1.42. The summed E-state index contributed by atoms with van der Waals surface area (Å²) in [7, 11) is 0. The Bertz CT molecular complexity index is 311. The van der Waals surface area contributed by atoms with E-state index in [1.807, 2.05) is 0 Å². The normalized spacial score (nSPS) is 21.1.